The van der Waals surface area contributed by atoms with Gasteiger partial charge in [0, 0.05) is 38.4 Å². The molecule has 1 atom stereocenters. The number of likely N-dealkylation sites (N-methyl/N-ethyl adjacent to an activating group) is 1. The van der Waals surface area contributed by atoms with E-state index in [9.17, 15) is 9.59 Å². The molecule has 0 radical (unpaired) electrons. The molecule has 1 spiro atoms. The molecule has 2 amide bonds. The lowest BCUT2D eigenvalue weighted by molar-refractivity contribution is -0.130. The number of nitrogens with zero attached hydrogens (tertiary/aromatic N) is 2. The van der Waals surface area contributed by atoms with Gasteiger partial charge in [0.1, 0.15) is 11.5 Å². The summed E-state index contributed by atoms with van der Waals surface area (Å²) in [5.74, 6) is 1.70. The molecule has 0 N–H and O–H groups in total. The van der Waals surface area contributed by atoms with Crippen LogP contribution in [0, 0.1) is 6.92 Å². The summed E-state index contributed by atoms with van der Waals surface area (Å²) in [4.78, 5) is 27.6. The van der Waals surface area contributed by atoms with Gasteiger partial charge in [0.25, 0.3) is 0 Å². The van der Waals surface area contributed by atoms with Crippen LogP contribution in [0.25, 0.3) is 11.3 Å². The summed E-state index contributed by atoms with van der Waals surface area (Å²) in [7, 11) is 1.73. The minimum Gasteiger partial charge on any atom is -0.461 e. The van der Waals surface area contributed by atoms with Gasteiger partial charge < -0.3 is 19.0 Å². The Kier molecular flexibility index (Phi) is 4.42. The molecule has 2 aliphatic rings. The average molecular weight is 368 g/mol. The van der Waals surface area contributed by atoms with Crippen LogP contribution in [-0.2, 0) is 16.0 Å². The molecule has 4 rings (SSSR count). The zero-order valence-corrected chi connectivity index (χ0v) is 15.7. The number of hydrogen-bond donors (Lipinski definition) is 0. The van der Waals surface area contributed by atoms with Crippen LogP contribution in [0.15, 0.2) is 40.8 Å². The molecular formula is C21H24N2O4. The molecule has 6 nitrogen and oxygen atoms in total. The Bertz CT molecular complexity index is 857. The maximum Gasteiger partial charge on any atom is 0.410 e. The Morgan fingerprint density at radius 1 is 1.15 bits per heavy atom. The van der Waals surface area contributed by atoms with Crippen molar-refractivity contribution in [3.8, 4) is 11.3 Å². The zero-order chi connectivity index (χ0) is 19.0. The number of likely N-dealkylation sites (tertiary alicyclic amines) is 1. The normalized spacial score (nSPS) is 21.9. The maximum atomic E-state index is 12.6. The summed E-state index contributed by atoms with van der Waals surface area (Å²) < 4.78 is 11.4. The Balaban J connectivity index is 1.32. The number of hydrogen-bond acceptors (Lipinski definition) is 4. The van der Waals surface area contributed by atoms with E-state index in [2.05, 4.69) is 19.1 Å². The molecule has 0 saturated carbocycles. The monoisotopic (exact) mass is 368 g/mol. The predicted octanol–water partition coefficient (Wildman–Crippen LogP) is 3.24. The molecule has 142 valence electrons. The van der Waals surface area contributed by atoms with E-state index < -0.39 is 5.60 Å². The summed E-state index contributed by atoms with van der Waals surface area (Å²) >= 11 is 0. The lowest BCUT2D eigenvalue weighted by Gasteiger charge is -2.21. The quantitative estimate of drug-likeness (QED) is 0.831. The third-order valence-electron chi connectivity index (χ3n) is 5.39. The largest absolute Gasteiger partial charge is 0.461 e. The first-order valence-corrected chi connectivity index (χ1v) is 9.32. The van der Waals surface area contributed by atoms with Crippen LogP contribution in [0.5, 0.6) is 0 Å². The number of amides is 2. The second-order valence-electron chi connectivity index (χ2n) is 7.60. The molecule has 27 heavy (non-hydrogen) atoms. The molecule has 0 bridgehead atoms. The smallest absolute Gasteiger partial charge is 0.410 e. The molecular weight excluding hydrogens is 344 g/mol. The highest BCUT2D eigenvalue weighted by Gasteiger charge is 2.49. The van der Waals surface area contributed by atoms with Crippen molar-refractivity contribution in [2.24, 2.45) is 0 Å². The van der Waals surface area contributed by atoms with Gasteiger partial charge in [-0.2, -0.15) is 0 Å². The van der Waals surface area contributed by atoms with E-state index >= 15 is 0 Å². The second-order valence-corrected chi connectivity index (χ2v) is 7.60. The van der Waals surface area contributed by atoms with Gasteiger partial charge in [0.2, 0.25) is 5.91 Å². The Labute approximate surface area is 158 Å². The number of aryl methyl sites for hydroxylation is 2. The number of carbonyl (C=O) groups is 2. The van der Waals surface area contributed by atoms with E-state index in [-0.39, 0.29) is 12.0 Å². The lowest BCUT2D eigenvalue weighted by Crippen LogP contribution is -2.39. The molecule has 2 aromatic rings. The van der Waals surface area contributed by atoms with E-state index in [0.29, 0.717) is 38.9 Å². The Morgan fingerprint density at radius 2 is 1.93 bits per heavy atom. The van der Waals surface area contributed by atoms with Crippen LogP contribution < -0.4 is 0 Å². The summed E-state index contributed by atoms with van der Waals surface area (Å²) in [6.07, 6.45) is 1.35. The van der Waals surface area contributed by atoms with Crippen LogP contribution in [-0.4, -0.2) is 54.1 Å². The van der Waals surface area contributed by atoms with Crippen molar-refractivity contribution in [2.75, 3.05) is 26.7 Å². The van der Waals surface area contributed by atoms with Crippen molar-refractivity contribution in [3.63, 3.8) is 0 Å². The van der Waals surface area contributed by atoms with Crippen molar-refractivity contribution in [1.82, 2.24) is 9.80 Å². The van der Waals surface area contributed by atoms with Gasteiger partial charge in [0.15, 0.2) is 5.60 Å². The lowest BCUT2D eigenvalue weighted by atomic mass is 10.0. The predicted molar refractivity (Wildman–Crippen MR) is 100 cm³/mol. The summed E-state index contributed by atoms with van der Waals surface area (Å²) in [5.41, 5.74) is 1.72. The van der Waals surface area contributed by atoms with Crippen molar-refractivity contribution < 1.29 is 18.7 Å². The van der Waals surface area contributed by atoms with E-state index in [4.69, 9.17) is 9.15 Å². The van der Waals surface area contributed by atoms with Gasteiger partial charge in [-0.05, 0) is 19.1 Å². The van der Waals surface area contributed by atoms with Crippen LogP contribution in [0.2, 0.25) is 0 Å². The van der Waals surface area contributed by atoms with Crippen molar-refractivity contribution in [2.45, 2.75) is 31.8 Å². The first-order chi connectivity index (χ1) is 12.9. The molecule has 6 heteroatoms. The second kappa shape index (κ2) is 6.76. The van der Waals surface area contributed by atoms with Gasteiger partial charge in [-0.1, -0.05) is 29.8 Å². The van der Waals surface area contributed by atoms with Crippen molar-refractivity contribution in [1.29, 1.82) is 0 Å². The highest BCUT2D eigenvalue weighted by molar-refractivity contribution is 5.77. The van der Waals surface area contributed by atoms with E-state index in [1.54, 1.807) is 16.8 Å². The molecule has 2 saturated heterocycles. The fraction of sp³-hybridized carbons (Fsp3) is 0.429. The highest BCUT2D eigenvalue weighted by Crippen LogP contribution is 2.32. The maximum absolute atomic E-state index is 12.6. The Hall–Kier alpha value is -2.76. The van der Waals surface area contributed by atoms with E-state index in [1.165, 1.54) is 5.56 Å². The SMILES string of the molecule is Cc1ccc(-c2ccc(CCC(=O)N3CC[C@]4(CN(C)C(=O)O4)C3)o2)cc1. The minimum absolute atomic E-state index is 0.0748. The molecule has 2 aliphatic heterocycles. The average Bonchev–Trinajstić information content (AvgIpc) is 3.34. The van der Waals surface area contributed by atoms with Gasteiger partial charge in [-0.3, -0.25) is 4.79 Å². The number of benzene rings is 1. The number of furan rings is 1. The van der Waals surface area contributed by atoms with Crippen LogP contribution in [0.1, 0.15) is 24.2 Å². The standard InChI is InChI=1S/C21H24N2O4/c1-15-3-5-16(6-4-15)18-9-7-17(26-18)8-10-19(24)23-12-11-21(14-23)13-22(2)20(25)27-21/h3-7,9H,8,10-14H2,1-2H3/t21-/m0/s1. The summed E-state index contributed by atoms with van der Waals surface area (Å²) in [5, 5.41) is 0. The van der Waals surface area contributed by atoms with E-state index in [1.807, 2.05) is 24.3 Å². The van der Waals surface area contributed by atoms with Crippen molar-refractivity contribution in [3.05, 3.63) is 47.7 Å². The molecule has 3 heterocycles. The molecule has 0 aliphatic carbocycles. The fourth-order valence-corrected chi connectivity index (χ4v) is 3.84. The zero-order valence-electron chi connectivity index (χ0n) is 15.7. The third kappa shape index (κ3) is 3.56. The first kappa shape index (κ1) is 17.6. The van der Waals surface area contributed by atoms with E-state index in [0.717, 1.165) is 17.1 Å². The van der Waals surface area contributed by atoms with Gasteiger partial charge >= 0.3 is 6.09 Å². The third-order valence-corrected chi connectivity index (χ3v) is 5.39. The minimum atomic E-state index is -0.523. The first-order valence-electron chi connectivity index (χ1n) is 9.32. The summed E-state index contributed by atoms with van der Waals surface area (Å²) in [6, 6.07) is 12.1. The van der Waals surface area contributed by atoms with Gasteiger partial charge in [0.05, 0.1) is 13.1 Å². The summed E-state index contributed by atoms with van der Waals surface area (Å²) in [6.45, 7) is 3.71. The molecule has 1 aromatic heterocycles. The van der Waals surface area contributed by atoms with Crippen LogP contribution >= 0.6 is 0 Å². The molecule has 1 aromatic carbocycles. The topological polar surface area (TPSA) is 63.0 Å². The number of carbonyl (C=O) groups excluding carboxylic acids is 2. The van der Waals surface area contributed by atoms with Gasteiger partial charge in [-0.15, -0.1) is 0 Å². The van der Waals surface area contributed by atoms with Crippen LogP contribution in [0.3, 0.4) is 0 Å². The molecule has 2 fully saturated rings. The number of ether oxygens (including phenoxy) is 1. The Morgan fingerprint density at radius 3 is 2.63 bits per heavy atom. The highest BCUT2D eigenvalue weighted by atomic mass is 16.6. The molecule has 0 unspecified atom stereocenters. The van der Waals surface area contributed by atoms with Crippen molar-refractivity contribution >= 4 is 12.0 Å². The van der Waals surface area contributed by atoms with Gasteiger partial charge in [-0.25, -0.2) is 4.79 Å². The van der Waals surface area contributed by atoms with Crippen LogP contribution in [0.4, 0.5) is 4.79 Å². The number of rotatable bonds is 4. The fourth-order valence-electron chi connectivity index (χ4n) is 3.84.